The SMILES string of the molecule is Cc1c2occ(-c3ccc4ccccc4c3)c2cc2c(-c3ccccc3)cc(=O)oc12. The fourth-order valence-electron chi connectivity index (χ4n) is 4.41. The molecule has 0 N–H and O–H groups in total. The first-order valence-corrected chi connectivity index (χ1v) is 10.2. The van der Waals surface area contributed by atoms with Gasteiger partial charge in [0.2, 0.25) is 0 Å². The van der Waals surface area contributed by atoms with Crippen LogP contribution >= 0.6 is 0 Å². The first-order chi connectivity index (χ1) is 15.2. The maximum absolute atomic E-state index is 12.3. The van der Waals surface area contributed by atoms with E-state index in [1.165, 1.54) is 10.8 Å². The monoisotopic (exact) mass is 402 g/mol. The van der Waals surface area contributed by atoms with Crippen LogP contribution in [-0.2, 0) is 0 Å². The minimum Gasteiger partial charge on any atom is -0.463 e. The lowest BCUT2D eigenvalue weighted by Gasteiger charge is -2.09. The van der Waals surface area contributed by atoms with Gasteiger partial charge in [0.25, 0.3) is 0 Å². The van der Waals surface area contributed by atoms with Gasteiger partial charge in [-0.2, -0.15) is 0 Å². The molecule has 0 fully saturated rings. The largest absolute Gasteiger partial charge is 0.463 e. The van der Waals surface area contributed by atoms with E-state index in [0.717, 1.165) is 44.2 Å². The fraction of sp³-hybridized carbons (Fsp3) is 0.0357. The average molecular weight is 402 g/mol. The molecule has 2 heterocycles. The Labute approximate surface area is 178 Å². The van der Waals surface area contributed by atoms with Gasteiger partial charge in [-0.05, 0) is 46.5 Å². The normalized spacial score (nSPS) is 11.5. The molecule has 148 valence electrons. The van der Waals surface area contributed by atoms with Crippen LogP contribution in [0.2, 0.25) is 0 Å². The molecule has 31 heavy (non-hydrogen) atoms. The van der Waals surface area contributed by atoms with Gasteiger partial charge in [0.1, 0.15) is 11.2 Å². The maximum Gasteiger partial charge on any atom is 0.336 e. The summed E-state index contributed by atoms with van der Waals surface area (Å²) in [6.07, 6.45) is 1.79. The van der Waals surface area contributed by atoms with Gasteiger partial charge < -0.3 is 8.83 Å². The van der Waals surface area contributed by atoms with E-state index < -0.39 is 0 Å². The van der Waals surface area contributed by atoms with Gasteiger partial charge in [0.15, 0.2) is 0 Å². The number of hydrogen-bond donors (Lipinski definition) is 0. The predicted octanol–water partition coefficient (Wildman–Crippen LogP) is 7.33. The summed E-state index contributed by atoms with van der Waals surface area (Å²) < 4.78 is 11.6. The van der Waals surface area contributed by atoms with Crippen LogP contribution in [0.3, 0.4) is 0 Å². The average Bonchev–Trinajstić information content (AvgIpc) is 3.24. The topological polar surface area (TPSA) is 43.4 Å². The smallest absolute Gasteiger partial charge is 0.336 e. The van der Waals surface area contributed by atoms with Crippen LogP contribution in [0.4, 0.5) is 0 Å². The highest BCUT2D eigenvalue weighted by Gasteiger charge is 2.18. The molecule has 6 rings (SSSR count). The second-order valence-electron chi connectivity index (χ2n) is 7.81. The van der Waals surface area contributed by atoms with Gasteiger partial charge in [-0.15, -0.1) is 0 Å². The lowest BCUT2D eigenvalue weighted by molar-refractivity contribution is 0.557. The summed E-state index contributed by atoms with van der Waals surface area (Å²) in [6.45, 7) is 1.94. The lowest BCUT2D eigenvalue weighted by Crippen LogP contribution is -1.99. The molecule has 6 aromatic rings. The summed E-state index contributed by atoms with van der Waals surface area (Å²) in [6, 6.07) is 28.3. The minimum atomic E-state index is -0.366. The molecular weight excluding hydrogens is 384 g/mol. The Morgan fingerprint density at radius 1 is 0.645 bits per heavy atom. The third kappa shape index (κ3) is 2.78. The van der Waals surface area contributed by atoms with Crippen molar-refractivity contribution in [1.82, 2.24) is 0 Å². The second kappa shape index (κ2) is 6.71. The first-order valence-electron chi connectivity index (χ1n) is 10.2. The van der Waals surface area contributed by atoms with Gasteiger partial charge in [-0.1, -0.05) is 66.7 Å². The van der Waals surface area contributed by atoms with Crippen molar-refractivity contribution in [2.24, 2.45) is 0 Å². The Hall–Kier alpha value is -4.11. The fourth-order valence-corrected chi connectivity index (χ4v) is 4.41. The molecule has 4 aromatic carbocycles. The molecule has 3 nitrogen and oxygen atoms in total. The summed E-state index contributed by atoms with van der Waals surface area (Å²) in [7, 11) is 0. The highest BCUT2D eigenvalue weighted by Crippen LogP contribution is 2.39. The molecule has 0 saturated heterocycles. The van der Waals surface area contributed by atoms with Gasteiger partial charge >= 0.3 is 5.63 Å². The van der Waals surface area contributed by atoms with Crippen molar-refractivity contribution in [3.05, 3.63) is 107 Å². The third-order valence-electron chi connectivity index (χ3n) is 5.94. The Morgan fingerprint density at radius 2 is 1.39 bits per heavy atom. The molecule has 0 bridgehead atoms. The Kier molecular flexibility index (Phi) is 3.84. The van der Waals surface area contributed by atoms with Crippen LogP contribution in [0, 0.1) is 6.92 Å². The van der Waals surface area contributed by atoms with Gasteiger partial charge in [-0.25, -0.2) is 4.79 Å². The highest BCUT2D eigenvalue weighted by atomic mass is 16.4. The maximum atomic E-state index is 12.3. The number of aryl methyl sites for hydroxylation is 1. The van der Waals surface area contributed by atoms with Crippen LogP contribution in [-0.4, -0.2) is 0 Å². The summed E-state index contributed by atoms with van der Waals surface area (Å²) in [4.78, 5) is 12.3. The molecule has 0 radical (unpaired) electrons. The molecule has 0 spiro atoms. The molecule has 0 aliphatic heterocycles. The van der Waals surface area contributed by atoms with E-state index >= 15 is 0 Å². The van der Waals surface area contributed by atoms with Crippen molar-refractivity contribution in [1.29, 1.82) is 0 Å². The molecule has 0 aliphatic rings. The number of furan rings is 1. The number of rotatable bonds is 2. The van der Waals surface area contributed by atoms with E-state index in [0.29, 0.717) is 5.58 Å². The molecule has 0 unspecified atom stereocenters. The molecule has 0 aliphatic carbocycles. The van der Waals surface area contributed by atoms with Crippen LogP contribution in [0.1, 0.15) is 5.56 Å². The number of benzene rings is 4. The van der Waals surface area contributed by atoms with E-state index in [4.69, 9.17) is 8.83 Å². The van der Waals surface area contributed by atoms with Gasteiger partial charge in [0, 0.05) is 28.0 Å². The summed E-state index contributed by atoms with van der Waals surface area (Å²) in [5.41, 5.74) is 5.73. The van der Waals surface area contributed by atoms with Crippen LogP contribution in [0.25, 0.3) is 55.0 Å². The first kappa shape index (κ1) is 17.7. The zero-order valence-corrected chi connectivity index (χ0v) is 16.9. The van der Waals surface area contributed by atoms with Crippen LogP contribution in [0.15, 0.2) is 105 Å². The van der Waals surface area contributed by atoms with Crippen molar-refractivity contribution in [2.45, 2.75) is 6.92 Å². The van der Waals surface area contributed by atoms with E-state index in [9.17, 15) is 4.79 Å². The van der Waals surface area contributed by atoms with E-state index in [-0.39, 0.29) is 5.63 Å². The summed E-state index contributed by atoms with van der Waals surface area (Å²) >= 11 is 0. The summed E-state index contributed by atoms with van der Waals surface area (Å²) in [5, 5.41) is 4.29. The van der Waals surface area contributed by atoms with Crippen molar-refractivity contribution in [3.63, 3.8) is 0 Å². The highest BCUT2D eigenvalue weighted by molar-refractivity contribution is 6.08. The Balaban J connectivity index is 1.67. The van der Waals surface area contributed by atoms with E-state index in [1.807, 2.05) is 49.4 Å². The second-order valence-corrected chi connectivity index (χ2v) is 7.81. The molecule has 0 saturated carbocycles. The molecular formula is C28H18O3. The molecule has 3 heteroatoms. The van der Waals surface area contributed by atoms with Crippen LogP contribution in [0.5, 0.6) is 0 Å². The van der Waals surface area contributed by atoms with Crippen molar-refractivity contribution in [3.8, 4) is 22.3 Å². The zero-order valence-electron chi connectivity index (χ0n) is 16.9. The molecule has 0 atom stereocenters. The Morgan fingerprint density at radius 3 is 2.23 bits per heavy atom. The van der Waals surface area contributed by atoms with Gasteiger partial charge in [0.05, 0.1) is 6.26 Å². The Bertz CT molecular complexity index is 1650. The third-order valence-corrected chi connectivity index (χ3v) is 5.94. The van der Waals surface area contributed by atoms with Gasteiger partial charge in [-0.3, -0.25) is 0 Å². The van der Waals surface area contributed by atoms with Crippen molar-refractivity contribution in [2.75, 3.05) is 0 Å². The number of fused-ring (bicyclic) bond motifs is 3. The minimum absolute atomic E-state index is 0.366. The number of hydrogen-bond acceptors (Lipinski definition) is 3. The predicted molar refractivity (Wildman–Crippen MR) is 125 cm³/mol. The molecule has 0 amide bonds. The zero-order chi connectivity index (χ0) is 20.9. The van der Waals surface area contributed by atoms with Crippen LogP contribution < -0.4 is 5.63 Å². The lowest BCUT2D eigenvalue weighted by atomic mass is 9.96. The molecule has 2 aromatic heterocycles. The summed E-state index contributed by atoms with van der Waals surface area (Å²) in [5.74, 6) is 0. The standard InChI is InChI=1S/C28H18O3/c1-17-27-24(25(16-30-27)21-12-11-18-7-5-6-10-20(18)13-21)14-23-22(15-26(29)31-28(17)23)19-8-3-2-4-9-19/h2-16H,1H3. The quantitative estimate of drug-likeness (QED) is 0.285. The van der Waals surface area contributed by atoms with E-state index in [1.54, 1.807) is 12.3 Å². The van der Waals surface area contributed by atoms with E-state index in [2.05, 4.69) is 36.4 Å². The van der Waals surface area contributed by atoms with Crippen molar-refractivity contribution < 1.29 is 8.83 Å². The van der Waals surface area contributed by atoms with Crippen molar-refractivity contribution >= 4 is 32.7 Å².